The summed E-state index contributed by atoms with van der Waals surface area (Å²) in [6.07, 6.45) is -12.1. The maximum atomic E-state index is 13.2. The van der Waals surface area contributed by atoms with Crippen LogP contribution in [0.5, 0.6) is 5.75 Å². The molecule has 0 amide bonds. The number of esters is 4. The van der Waals surface area contributed by atoms with Crippen LogP contribution < -0.4 is 4.74 Å². The molecule has 1 saturated heterocycles. The number of carbonyl (C=O) groups is 4. The molecule has 0 unspecified atom stereocenters. The van der Waals surface area contributed by atoms with Crippen LogP contribution in [0.2, 0.25) is 0 Å². The lowest BCUT2D eigenvalue weighted by Gasteiger charge is -2.44. The van der Waals surface area contributed by atoms with E-state index >= 15 is 0 Å². The van der Waals surface area contributed by atoms with E-state index in [-0.39, 0.29) is 9.32 Å². The molecule has 0 spiro atoms. The van der Waals surface area contributed by atoms with Crippen LogP contribution >= 0.6 is 22.6 Å². The molecule has 14 heteroatoms. The minimum absolute atomic E-state index is 0.253. The van der Waals surface area contributed by atoms with E-state index in [9.17, 15) is 32.3 Å². The molecule has 1 aliphatic heterocycles. The molecule has 1 aromatic rings. The minimum Gasteiger partial charge on any atom is -0.463 e. The van der Waals surface area contributed by atoms with Crippen molar-refractivity contribution in [3.8, 4) is 5.75 Å². The normalized spacial score (nSPS) is 24.2. The highest BCUT2D eigenvalue weighted by molar-refractivity contribution is 14.1. The van der Waals surface area contributed by atoms with E-state index < -0.39 is 72.9 Å². The first-order valence-corrected chi connectivity index (χ1v) is 11.1. The predicted octanol–water partition coefficient (Wildman–Crippen LogP) is 2.77. The predicted molar refractivity (Wildman–Crippen MR) is 117 cm³/mol. The van der Waals surface area contributed by atoms with Crippen molar-refractivity contribution in [1.29, 1.82) is 0 Å². The van der Waals surface area contributed by atoms with Crippen LogP contribution in [0.15, 0.2) is 18.2 Å². The van der Waals surface area contributed by atoms with Crippen LogP contribution in [-0.4, -0.2) is 61.2 Å². The summed E-state index contributed by atoms with van der Waals surface area (Å²) in [6, 6.07) is 2.72. The van der Waals surface area contributed by atoms with E-state index in [0.717, 1.165) is 45.9 Å². The summed E-state index contributed by atoms with van der Waals surface area (Å²) in [5, 5.41) is 0. The Balaban J connectivity index is 2.54. The highest BCUT2D eigenvalue weighted by Gasteiger charge is 2.53. The Hall–Kier alpha value is -2.62. The van der Waals surface area contributed by atoms with Gasteiger partial charge >= 0.3 is 30.1 Å². The molecular weight excluding hydrogens is 596 g/mol. The number of benzene rings is 1. The first-order chi connectivity index (χ1) is 16.2. The monoisotopic (exact) mass is 618 g/mol. The van der Waals surface area contributed by atoms with E-state index in [4.69, 9.17) is 28.4 Å². The maximum Gasteiger partial charge on any atom is 0.416 e. The molecule has 0 aromatic heterocycles. The van der Waals surface area contributed by atoms with Crippen LogP contribution in [0.4, 0.5) is 13.2 Å². The summed E-state index contributed by atoms with van der Waals surface area (Å²) in [6.45, 7) is 3.73. The van der Waals surface area contributed by atoms with Crippen molar-refractivity contribution in [3.05, 3.63) is 27.3 Å². The highest BCUT2D eigenvalue weighted by atomic mass is 127. The van der Waals surface area contributed by atoms with Gasteiger partial charge in [0, 0.05) is 27.7 Å². The quantitative estimate of drug-likeness (QED) is 0.256. The molecule has 0 radical (unpaired) electrons. The average Bonchev–Trinajstić information content (AvgIpc) is 2.70. The van der Waals surface area contributed by atoms with Crippen molar-refractivity contribution >= 4 is 46.5 Å². The average molecular weight is 618 g/mol. The Bertz CT molecular complexity index is 967. The number of alkyl halides is 3. The third kappa shape index (κ3) is 8.23. The Morgan fingerprint density at radius 2 is 1.43 bits per heavy atom. The first kappa shape index (κ1) is 28.6. The molecule has 1 aromatic carbocycles. The van der Waals surface area contributed by atoms with Gasteiger partial charge in [-0.05, 0) is 40.8 Å². The molecule has 1 heterocycles. The van der Waals surface area contributed by atoms with E-state index in [1.54, 1.807) is 22.6 Å². The zero-order chi connectivity index (χ0) is 26.5. The van der Waals surface area contributed by atoms with Gasteiger partial charge in [0.25, 0.3) is 0 Å². The maximum absolute atomic E-state index is 13.2. The standard InChI is InChI=1S/C21H22F3IO10/c1-9(26)30-8-16-17(31-10(2)27)18(32-11(3)28)19(33-12(4)29)20(35-16)34-15-7-13(21(22,23)24)5-6-14(15)25/h5-7,16-20H,8H2,1-4H3/t16-,17-,18+,19-,20-/m1/s1. The van der Waals surface area contributed by atoms with Crippen LogP contribution in [-0.2, 0) is 49.0 Å². The topological polar surface area (TPSA) is 124 Å². The molecule has 10 nitrogen and oxygen atoms in total. The zero-order valence-electron chi connectivity index (χ0n) is 18.9. The van der Waals surface area contributed by atoms with Crippen LogP contribution in [0.3, 0.4) is 0 Å². The van der Waals surface area contributed by atoms with Gasteiger partial charge in [0.05, 0.1) is 9.13 Å². The molecule has 0 N–H and O–H groups in total. The Morgan fingerprint density at radius 1 is 0.886 bits per heavy atom. The van der Waals surface area contributed by atoms with Crippen LogP contribution in [0, 0.1) is 3.57 Å². The second-order valence-electron chi connectivity index (χ2n) is 7.33. The molecule has 2 rings (SSSR count). The lowest BCUT2D eigenvalue weighted by molar-refractivity contribution is -0.288. The van der Waals surface area contributed by atoms with Gasteiger partial charge in [-0.2, -0.15) is 13.2 Å². The number of rotatable bonds is 7. The van der Waals surface area contributed by atoms with E-state index in [1.165, 1.54) is 0 Å². The highest BCUT2D eigenvalue weighted by Crippen LogP contribution is 2.36. The van der Waals surface area contributed by atoms with Crippen molar-refractivity contribution in [2.75, 3.05) is 6.61 Å². The fraction of sp³-hybridized carbons (Fsp3) is 0.524. The Labute approximate surface area is 211 Å². The summed E-state index contributed by atoms with van der Waals surface area (Å²) >= 11 is 1.73. The molecule has 194 valence electrons. The number of halogens is 4. The molecule has 1 fully saturated rings. The van der Waals surface area contributed by atoms with E-state index in [2.05, 4.69) is 0 Å². The van der Waals surface area contributed by atoms with Gasteiger partial charge in [0.1, 0.15) is 18.5 Å². The van der Waals surface area contributed by atoms with Crippen LogP contribution in [0.1, 0.15) is 33.3 Å². The fourth-order valence-corrected chi connectivity index (χ4v) is 3.64. The van der Waals surface area contributed by atoms with E-state index in [0.29, 0.717) is 0 Å². The van der Waals surface area contributed by atoms with Gasteiger partial charge in [-0.25, -0.2) is 0 Å². The van der Waals surface area contributed by atoms with Crippen molar-refractivity contribution in [2.24, 2.45) is 0 Å². The van der Waals surface area contributed by atoms with Crippen molar-refractivity contribution in [3.63, 3.8) is 0 Å². The molecular formula is C21H22F3IO10. The number of hydrogen-bond donors (Lipinski definition) is 0. The number of hydrogen-bond acceptors (Lipinski definition) is 10. The van der Waals surface area contributed by atoms with Crippen molar-refractivity contribution in [1.82, 2.24) is 0 Å². The summed E-state index contributed by atoms with van der Waals surface area (Å²) in [5.74, 6) is -3.54. The molecule has 0 bridgehead atoms. The Kier molecular flexibility index (Phi) is 9.71. The molecule has 5 atom stereocenters. The van der Waals surface area contributed by atoms with Gasteiger partial charge in [-0.1, -0.05) is 0 Å². The van der Waals surface area contributed by atoms with Gasteiger partial charge in [0.15, 0.2) is 12.2 Å². The summed E-state index contributed by atoms with van der Waals surface area (Å²) in [4.78, 5) is 46.7. The zero-order valence-corrected chi connectivity index (χ0v) is 21.1. The van der Waals surface area contributed by atoms with Crippen molar-refractivity contribution in [2.45, 2.75) is 64.6 Å². The number of carbonyl (C=O) groups excluding carboxylic acids is 4. The molecule has 0 saturated carbocycles. The summed E-state index contributed by atoms with van der Waals surface area (Å²) < 4.78 is 72.0. The van der Waals surface area contributed by atoms with Gasteiger partial charge in [-0.15, -0.1) is 0 Å². The molecule has 0 aliphatic carbocycles. The second kappa shape index (κ2) is 11.9. The fourth-order valence-electron chi connectivity index (χ4n) is 3.18. The summed E-state index contributed by atoms with van der Waals surface area (Å²) in [7, 11) is 0. The SMILES string of the molecule is CC(=O)OC[C@H]1O[C@@H](Oc2cc(C(F)(F)F)ccc2I)[C@H](OC(C)=O)[C@@H](OC(C)=O)[C@@H]1OC(C)=O. The third-order valence-electron chi connectivity index (χ3n) is 4.45. The molecule has 35 heavy (non-hydrogen) atoms. The lowest BCUT2D eigenvalue weighted by atomic mass is 9.98. The van der Waals surface area contributed by atoms with Crippen molar-refractivity contribution < 1.29 is 60.8 Å². The largest absolute Gasteiger partial charge is 0.463 e. The molecule has 1 aliphatic rings. The minimum atomic E-state index is -4.68. The third-order valence-corrected chi connectivity index (χ3v) is 5.34. The lowest BCUT2D eigenvalue weighted by Crippen LogP contribution is -2.63. The first-order valence-electron chi connectivity index (χ1n) is 10.0. The summed E-state index contributed by atoms with van der Waals surface area (Å²) in [5.41, 5.74) is -1.02. The van der Waals surface area contributed by atoms with E-state index in [1.807, 2.05) is 0 Å². The number of ether oxygens (including phenoxy) is 6. The van der Waals surface area contributed by atoms with Gasteiger partial charge in [0.2, 0.25) is 12.4 Å². The second-order valence-corrected chi connectivity index (χ2v) is 8.49. The smallest absolute Gasteiger partial charge is 0.416 e. The van der Waals surface area contributed by atoms with Crippen LogP contribution in [0.25, 0.3) is 0 Å². The van der Waals surface area contributed by atoms with Gasteiger partial charge < -0.3 is 28.4 Å². The van der Waals surface area contributed by atoms with Gasteiger partial charge in [-0.3, -0.25) is 19.2 Å². The Morgan fingerprint density at radius 3 is 1.94 bits per heavy atom.